The van der Waals surface area contributed by atoms with Crippen molar-refractivity contribution < 1.29 is 19.8 Å². The molecule has 72 valence electrons. The fraction of sp³-hybridized carbons (Fsp3) is 0.750. The van der Waals surface area contributed by atoms with Crippen LogP contribution in [0.5, 0.6) is 0 Å². The van der Waals surface area contributed by atoms with E-state index in [0.717, 1.165) is 0 Å². The molecule has 1 saturated carbocycles. The van der Waals surface area contributed by atoms with Gasteiger partial charge in [-0.15, -0.1) is 0 Å². The molecule has 2 fully saturated rings. The molecule has 1 aliphatic heterocycles. The van der Waals surface area contributed by atoms with Gasteiger partial charge in [-0.1, -0.05) is 0 Å². The van der Waals surface area contributed by atoms with Gasteiger partial charge in [0.15, 0.2) is 0 Å². The number of nitrogens with one attached hydrogen (secondary N) is 1. The minimum atomic E-state index is -0.975. The summed E-state index contributed by atoms with van der Waals surface area (Å²) in [6.07, 6.45) is 0. The highest BCUT2D eigenvalue weighted by Crippen LogP contribution is 2.48. The molecular weight excluding hydrogens is 174 g/mol. The Kier molecular flexibility index (Phi) is 1.76. The molecule has 2 aliphatic rings. The van der Waals surface area contributed by atoms with Gasteiger partial charge in [0.1, 0.15) is 0 Å². The predicted molar refractivity (Wildman–Crippen MR) is 42.1 cm³/mol. The molecule has 0 bridgehead atoms. The van der Waals surface area contributed by atoms with Gasteiger partial charge in [0.2, 0.25) is 0 Å². The van der Waals surface area contributed by atoms with Crippen LogP contribution in [0.25, 0.3) is 0 Å². The summed E-state index contributed by atoms with van der Waals surface area (Å²) in [5.74, 6) is -3.26. The predicted octanol–water partition coefficient (Wildman–Crippen LogP) is -0.763. The minimum Gasteiger partial charge on any atom is -0.481 e. The van der Waals surface area contributed by atoms with Crippen LogP contribution in [0.3, 0.4) is 0 Å². The van der Waals surface area contributed by atoms with Crippen molar-refractivity contribution in [2.45, 2.75) is 0 Å². The van der Waals surface area contributed by atoms with Crippen molar-refractivity contribution in [1.82, 2.24) is 5.32 Å². The fourth-order valence-corrected chi connectivity index (χ4v) is 2.57. The van der Waals surface area contributed by atoms with Crippen molar-refractivity contribution in [2.75, 3.05) is 13.1 Å². The maximum absolute atomic E-state index is 10.7. The van der Waals surface area contributed by atoms with Crippen LogP contribution >= 0.6 is 0 Å². The molecule has 5 heteroatoms. The molecule has 5 nitrogen and oxygen atoms in total. The zero-order valence-corrected chi connectivity index (χ0v) is 6.93. The first-order valence-corrected chi connectivity index (χ1v) is 4.29. The molecule has 0 spiro atoms. The number of aliphatic carboxylic acids is 2. The topological polar surface area (TPSA) is 86.6 Å². The van der Waals surface area contributed by atoms with E-state index in [2.05, 4.69) is 5.32 Å². The molecule has 1 saturated heterocycles. The highest BCUT2D eigenvalue weighted by atomic mass is 16.4. The summed E-state index contributed by atoms with van der Waals surface area (Å²) in [5.41, 5.74) is 0. The fourth-order valence-electron chi connectivity index (χ4n) is 2.57. The average molecular weight is 185 g/mol. The number of carbonyl (C=O) groups is 2. The van der Waals surface area contributed by atoms with Gasteiger partial charge in [0, 0.05) is 0 Å². The van der Waals surface area contributed by atoms with E-state index in [1.807, 2.05) is 0 Å². The van der Waals surface area contributed by atoms with Crippen LogP contribution in [0, 0.1) is 23.7 Å². The summed E-state index contributed by atoms with van der Waals surface area (Å²) in [6, 6.07) is 0. The number of carboxylic acids is 2. The van der Waals surface area contributed by atoms with E-state index in [1.54, 1.807) is 0 Å². The number of hydrogen-bond acceptors (Lipinski definition) is 3. The van der Waals surface area contributed by atoms with Gasteiger partial charge < -0.3 is 15.5 Å². The molecule has 0 aromatic carbocycles. The van der Waals surface area contributed by atoms with Crippen molar-refractivity contribution >= 4 is 11.9 Å². The van der Waals surface area contributed by atoms with E-state index >= 15 is 0 Å². The molecule has 3 N–H and O–H groups in total. The second-order valence-corrected chi connectivity index (χ2v) is 3.71. The van der Waals surface area contributed by atoms with Crippen molar-refractivity contribution in [3.63, 3.8) is 0 Å². The maximum Gasteiger partial charge on any atom is 0.307 e. The van der Waals surface area contributed by atoms with Gasteiger partial charge in [0.25, 0.3) is 0 Å². The third kappa shape index (κ3) is 1.03. The van der Waals surface area contributed by atoms with Crippen molar-refractivity contribution in [3.8, 4) is 0 Å². The van der Waals surface area contributed by atoms with Crippen molar-refractivity contribution in [1.29, 1.82) is 0 Å². The van der Waals surface area contributed by atoms with E-state index in [4.69, 9.17) is 10.2 Å². The third-order valence-corrected chi connectivity index (χ3v) is 3.19. The summed E-state index contributed by atoms with van der Waals surface area (Å²) in [6.45, 7) is 1.29. The van der Waals surface area contributed by atoms with Crippen molar-refractivity contribution in [3.05, 3.63) is 0 Å². The second kappa shape index (κ2) is 2.70. The van der Waals surface area contributed by atoms with E-state index in [9.17, 15) is 9.59 Å². The van der Waals surface area contributed by atoms with Crippen LogP contribution < -0.4 is 5.32 Å². The molecule has 0 unspecified atom stereocenters. The zero-order valence-electron chi connectivity index (χ0n) is 6.93. The average Bonchev–Trinajstić information content (AvgIpc) is 2.31. The van der Waals surface area contributed by atoms with Gasteiger partial charge in [-0.3, -0.25) is 9.59 Å². The Hall–Kier alpha value is -1.10. The quantitative estimate of drug-likeness (QED) is 0.526. The van der Waals surface area contributed by atoms with E-state index in [0.29, 0.717) is 13.1 Å². The zero-order chi connectivity index (χ0) is 9.59. The van der Waals surface area contributed by atoms with Gasteiger partial charge in [0.05, 0.1) is 11.8 Å². The Bertz CT molecular complexity index is 239. The number of rotatable bonds is 2. The van der Waals surface area contributed by atoms with Gasteiger partial charge in [-0.05, 0) is 24.9 Å². The lowest BCUT2D eigenvalue weighted by Crippen LogP contribution is -2.53. The molecule has 1 aliphatic carbocycles. The molecule has 2 rings (SSSR count). The summed E-state index contributed by atoms with van der Waals surface area (Å²) in [5, 5.41) is 20.6. The van der Waals surface area contributed by atoms with E-state index in [1.165, 1.54) is 0 Å². The maximum atomic E-state index is 10.7. The van der Waals surface area contributed by atoms with Crippen LogP contribution in [0.1, 0.15) is 0 Å². The van der Waals surface area contributed by atoms with E-state index < -0.39 is 23.8 Å². The van der Waals surface area contributed by atoms with Crippen molar-refractivity contribution in [2.24, 2.45) is 23.7 Å². The van der Waals surface area contributed by atoms with Crippen LogP contribution in [0.15, 0.2) is 0 Å². The lowest BCUT2D eigenvalue weighted by atomic mass is 9.58. The molecule has 0 aromatic rings. The van der Waals surface area contributed by atoms with Gasteiger partial charge in [-0.2, -0.15) is 0 Å². The van der Waals surface area contributed by atoms with Gasteiger partial charge in [-0.25, -0.2) is 0 Å². The molecule has 4 atom stereocenters. The summed E-state index contributed by atoms with van der Waals surface area (Å²) < 4.78 is 0. The Morgan fingerprint density at radius 1 is 1.00 bits per heavy atom. The Labute approximate surface area is 74.7 Å². The first-order valence-electron chi connectivity index (χ1n) is 4.29. The molecule has 1 heterocycles. The van der Waals surface area contributed by atoms with Gasteiger partial charge >= 0.3 is 11.9 Å². The number of carboxylic acid groups (broad SMARTS) is 2. The smallest absolute Gasteiger partial charge is 0.307 e. The third-order valence-electron chi connectivity index (χ3n) is 3.19. The Morgan fingerprint density at radius 2 is 1.38 bits per heavy atom. The molecule has 0 amide bonds. The number of fused-ring (bicyclic) bond motifs is 1. The first kappa shape index (κ1) is 8.50. The summed E-state index contributed by atoms with van der Waals surface area (Å²) in [4.78, 5) is 21.5. The number of hydrogen-bond donors (Lipinski definition) is 3. The van der Waals surface area contributed by atoms with Crippen LogP contribution in [-0.2, 0) is 9.59 Å². The first-order chi connectivity index (χ1) is 6.13. The highest BCUT2D eigenvalue weighted by molar-refractivity contribution is 5.83. The molecular formula is C8H11NO4. The molecule has 13 heavy (non-hydrogen) atoms. The molecule has 0 aromatic heterocycles. The highest BCUT2D eigenvalue weighted by Gasteiger charge is 2.59. The van der Waals surface area contributed by atoms with Crippen LogP contribution in [-0.4, -0.2) is 35.2 Å². The van der Waals surface area contributed by atoms with Crippen LogP contribution in [0.4, 0.5) is 0 Å². The monoisotopic (exact) mass is 185 g/mol. The van der Waals surface area contributed by atoms with E-state index in [-0.39, 0.29) is 11.8 Å². The SMILES string of the molecule is O=C(O)[C@H]1[C@@H]2CNC[C@@H]2[C@@H]1C(=O)O. The lowest BCUT2D eigenvalue weighted by molar-refractivity contribution is -0.170. The Morgan fingerprint density at radius 3 is 1.69 bits per heavy atom. The largest absolute Gasteiger partial charge is 0.481 e. The summed E-state index contributed by atoms with van der Waals surface area (Å²) in [7, 11) is 0. The minimum absolute atomic E-state index is 0.0265. The molecule has 0 radical (unpaired) electrons. The Balaban J connectivity index is 2.17. The normalized spacial score (nSPS) is 42.2. The van der Waals surface area contributed by atoms with Crippen LogP contribution in [0.2, 0.25) is 0 Å². The summed E-state index contributed by atoms with van der Waals surface area (Å²) >= 11 is 0. The second-order valence-electron chi connectivity index (χ2n) is 3.71. The lowest BCUT2D eigenvalue weighted by Gasteiger charge is -2.42. The standard InChI is InChI=1S/C8H11NO4/c10-7(11)5-3-1-9-2-4(3)6(5)8(12)13/h3-6,9H,1-2H2,(H,10,11)(H,12,13)/t3-,4+,5-,6-/m0/s1.